The highest BCUT2D eigenvalue weighted by atomic mass is 16.5. The van der Waals surface area contributed by atoms with Gasteiger partial charge in [0.15, 0.2) is 0 Å². The van der Waals surface area contributed by atoms with Gasteiger partial charge in [-0.05, 0) is 24.6 Å². The second-order valence-electron chi connectivity index (χ2n) is 4.76. The highest BCUT2D eigenvalue weighted by Gasteiger charge is 2.13. The molecule has 1 heterocycles. The summed E-state index contributed by atoms with van der Waals surface area (Å²) in [5, 5.41) is 10.3. The number of nitrogens with zero attached hydrogens (tertiary/aromatic N) is 2. The van der Waals surface area contributed by atoms with Gasteiger partial charge < -0.3 is 9.84 Å². The van der Waals surface area contributed by atoms with Gasteiger partial charge in [-0.3, -0.25) is 0 Å². The van der Waals surface area contributed by atoms with Crippen LogP contribution in [0.25, 0.3) is 22.4 Å². The lowest BCUT2D eigenvalue weighted by Crippen LogP contribution is -1.94. The van der Waals surface area contributed by atoms with Crippen molar-refractivity contribution in [1.29, 1.82) is 0 Å². The van der Waals surface area contributed by atoms with Crippen LogP contribution in [-0.2, 0) is 0 Å². The zero-order valence-corrected chi connectivity index (χ0v) is 12.2. The molecule has 22 heavy (non-hydrogen) atoms. The topological polar surface area (TPSA) is 55.2 Å². The maximum Gasteiger partial charge on any atom is 0.128 e. The fraction of sp³-hybridized carbons (Fsp3) is 0.111. The number of benzene rings is 2. The first kappa shape index (κ1) is 14.1. The van der Waals surface area contributed by atoms with Crippen LogP contribution >= 0.6 is 0 Å². The highest BCUT2D eigenvalue weighted by Crippen LogP contribution is 2.36. The molecule has 110 valence electrons. The Hall–Kier alpha value is -2.88. The third kappa shape index (κ3) is 2.76. The maximum atomic E-state index is 10.3. The number of hydrogen-bond acceptors (Lipinski definition) is 4. The van der Waals surface area contributed by atoms with Crippen molar-refractivity contribution in [1.82, 2.24) is 9.97 Å². The number of aromatic hydroxyl groups is 1. The van der Waals surface area contributed by atoms with Gasteiger partial charge >= 0.3 is 0 Å². The monoisotopic (exact) mass is 292 g/mol. The van der Waals surface area contributed by atoms with Crippen LogP contribution in [0.4, 0.5) is 0 Å². The van der Waals surface area contributed by atoms with E-state index in [0.29, 0.717) is 23.6 Å². The minimum absolute atomic E-state index is 0.141. The van der Waals surface area contributed by atoms with Crippen molar-refractivity contribution in [3.05, 3.63) is 61.1 Å². The van der Waals surface area contributed by atoms with Crippen molar-refractivity contribution in [2.75, 3.05) is 6.61 Å². The molecule has 0 atom stereocenters. The molecule has 0 amide bonds. The molecule has 0 radical (unpaired) electrons. The lowest BCUT2D eigenvalue weighted by atomic mass is 10.0. The van der Waals surface area contributed by atoms with E-state index >= 15 is 0 Å². The van der Waals surface area contributed by atoms with Gasteiger partial charge in [-0.2, -0.15) is 0 Å². The average Bonchev–Trinajstić information content (AvgIpc) is 2.56. The molecule has 0 saturated carbocycles. The summed E-state index contributed by atoms with van der Waals surface area (Å²) < 4.78 is 5.40. The summed E-state index contributed by atoms with van der Waals surface area (Å²) in [5.41, 5.74) is 3.24. The number of aromatic nitrogens is 2. The molecule has 3 rings (SSSR count). The normalized spacial score (nSPS) is 10.4. The Labute approximate surface area is 129 Å². The Morgan fingerprint density at radius 3 is 2.59 bits per heavy atom. The van der Waals surface area contributed by atoms with Gasteiger partial charge in [-0.1, -0.05) is 30.3 Å². The molecule has 0 bridgehead atoms. The second kappa shape index (κ2) is 6.26. The van der Waals surface area contributed by atoms with Gasteiger partial charge in [0.05, 0.1) is 12.3 Å². The number of phenols is 1. The van der Waals surface area contributed by atoms with Crippen LogP contribution in [0.3, 0.4) is 0 Å². The molecule has 0 unspecified atom stereocenters. The first-order valence-corrected chi connectivity index (χ1v) is 7.11. The zero-order chi connectivity index (χ0) is 15.4. The lowest BCUT2D eigenvalue weighted by Gasteiger charge is -2.11. The van der Waals surface area contributed by atoms with E-state index < -0.39 is 0 Å². The summed E-state index contributed by atoms with van der Waals surface area (Å²) in [6.45, 7) is 2.46. The Kier molecular flexibility index (Phi) is 4.01. The minimum atomic E-state index is 0.141. The van der Waals surface area contributed by atoms with Crippen molar-refractivity contribution >= 4 is 0 Å². The van der Waals surface area contributed by atoms with Gasteiger partial charge in [0, 0.05) is 23.4 Å². The molecule has 3 aromatic rings. The van der Waals surface area contributed by atoms with E-state index in [2.05, 4.69) is 9.97 Å². The SMILES string of the molecule is CCOc1ccc(-c2ncncc2-c2ccccc2)c(O)c1. The zero-order valence-electron chi connectivity index (χ0n) is 12.2. The van der Waals surface area contributed by atoms with E-state index in [0.717, 1.165) is 11.1 Å². The van der Waals surface area contributed by atoms with Crippen molar-refractivity contribution in [3.63, 3.8) is 0 Å². The van der Waals surface area contributed by atoms with Crippen molar-refractivity contribution < 1.29 is 9.84 Å². The smallest absolute Gasteiger partial charge is 0.128 e. The van der Waals surface area contributed by atoms with E-state index in [1.54, 1.807) is 12.3 Å². The molecular weight excluding hydrogens is 276 g/mol. The lowest BCUT2D eigenvalue weighted by molar-refractivity contribution is 0.338. The minimum Gasteiger partial charge on any atom is -0.507 e. The van der Waals surface area contributed by atoms with Crippen molar-refractivity contribution in [3.8, 4) is 33.9 Å². The number of rotatable bonds is 4. The third-order valence-electron chi connectivity index (χ3n) is 3.33. The molecule has 0 fully saturated rings. The van der Waals surface area contributed by atoms with Crippen LogP contribution in [0, 0.1) is 0 Å². The molecule has 0 saturated heterocycles. The molecular formula is C18H16N2O2. The van der Waals surface area contributed by atoms with Gasteiger partial charge in [0.25, 0.3) is 0 Å². The van der Waals surface area contributed by atoms with Gasteiger partial charge in [0.1, 0.15) is 17.8 Å². The van der Waals surface area contributed by atoms with E-state index in [1.165, 1.54) is 6.33 Å². The third-order valence-corrected chi connectivity index (χ3v) is 3.33. The van der Waals surface area contributed by atoms with Crippen LogP contribution < -0.4 is 4.74 Å². The predicted molar refractivity (Wildman–Crippen MR) is 85.7 cm³/mol. The highest BCUT2D eigenvalue weighted by molar-refractivity contribution is 5.82. The van der Waals surface area contributed by atoms with E-state index in [9.17, 15) is 5.11 Å². The van der Waals surface area contributed by atoms with E-state index in [-0.39, 0.29) is 5.75 Å². The Bertz CT molecular complexity index is 773. The van der Waals surface area contributed by atoms with Crippen LogP contribution in [0.2, 0.25) is 0 Å². The number of phenolic OH excluding ortho intramolecular Hbond substituents is 1. The molecule has 0 aliphatic rings. The van der Waals surface area contributed by atoms with Crippen LogP contribution in [0.1, 0.15) is 6.92 Å². The average molecular weight is 292 g/mol. The number of ether oxygens (including phenoxy) is 1. The van der Waals surface area contributed by atoms with Gasteiger partial charge in [-0.15, -0.1) is 0 Å². The Balaban J connectivity index is 2.10. The summed E-state index contributed by atoms with van der Waals surface area (Å²) in [5.74, 6) is 0.779. The first-order valence-electron chi connectivity index (χ1n) is 7.11. The summed E-state index contributed by atoms with van der Waals surface area (Å²) in [6, 6.07) is 15.1. The first-order chi connectivity index (χ1) is 10.8. The standard InChI is InChI=1S/C18H16N2O2/c1-2-22-14-8-9-15(17(21)10-14)18-16(11-19-12-20-18)13-6-4-3-5-7-13/h3-12,21H,2H2,1H3. The van der Waals surface area contributed by atoms with Crippen LogP contribution in [0.15, 0.2) is 61.1 Å². The summed E-state index contributed by atoms with van der Waals surface area (Å²) in [6.07, 6.45) is 3.24. The molecule has 4 heteroatoms. The molecule has 1 N–H and O–H groups in total. The second-order valence-corrected chi connectivity index (χ2v) is 4.76. The molecule has 0 spiro atoms. The van der Waals surface area contributed by atoms with E-state index in [4.69, 9.17) is 4.74 Å². The summed E-state index contributed by atoms with van der Waals surface area (Å²) in [7, 11) is 0. The maximum absolute atomic E-state index is 10.3. The molecule has 0 aliphatic heterocycles. The van der Waals surface area contributed by atoms with E-state index in [1.807, 2.05) is 49.4 Å². The molecule has 0 aliphatic carbocycles. The fourth-order valence-corrected chi connectivity index (χ4v) is 2.34. The Morgan fingerprint density at radius 1 is 1.05 bits per heavy atom. The molecule has 4 nitrogen and oxygen atoms in total. The van der Waals surface area contributed by atoms with Crippen molar-refractivity contribution in [2.45, 2.75) is 6.92 Å². The van der Waals surface area contributed by atoms with Gasteiger partial charge in [-0.25, -0.2) is 9.97 Å². The number of hydrogen-bond donors (Lipinski definition) is 1. The summed E-state index contributed by atoms with van der Waals surface area (Å²) in [4.78, 5) is 8.46. The van der Waals surface area contributed by atoms with Crippen LogP contribution in [-0.4, -0.2) is 21.7 Å². The van der Waals surface area contributed by atoms with Crippen LogP contribution in [0.5, 0.6) is 11.5 Å². The quantitative estimate of drug-likeness (QED) is 0.792. The molecule has 2 aromatic carbocycles. The van der Waals surface area contributed by atoms with Gasteiger partial charge in [0.2, 0.25) is 0 Å². The largest absolute Gasteiger partial charge is 0.507 e. The van der Waals surface area contributed by atoms with Crippen molar-refractivity contribution in [2.24, 2.45) is 0 Å². The fourth-order valence-electron chi connectivity index (χ4n) is 2.34. The Morgan fingerprint density at radius 2 is 1.86 bits per heavy atom. The predicted octanol–water partition coefficient (Wildman–Crippen LogP) is 3.91. The summed E-state index contributed by atoms with van der Waals surface area (Å²) >= 11 is 0. The molecule has 1 aromatic heterocycles.